The zero-order valence-corrected chi connectivity index (χ0v) is 19.8. The number of rotatable bonds is 7. The number of carbonyl (C=O) groups excluding carboxylic acids is 1. The van der Waals surface area contributed by atoms with Gasteiger partial charge < -0.3 is 19.1 Å². The third kappa shape index (κ3) is 5.00. The number of amides is 1. The Hall–Kier alpha value is -3.85. The normalized spacial score (nSPS) is 14.7. The van der Waals surface area contributed by atoms with Gasteiger partial charge >= 0.3 is 0 Å². The summed E-state index contributed by atoms with van der Waals surface area (Å²) < 4.78 is 30.1. The first-order valence-corrected chi connectivity index (χ1v) is 11.1. The highest BCUT2D eigenvalue weighted by atomic mass is 35.5. The third-order valence-corrected chi connectivity index (χ3v) is 6.11. The highest BCUT2D eigenvalue weighted by Gasteiger charge is 2.36. The summed E-state index contributed by atoms with van der Waals surface area (Å²) >= 11 is 6.07. The fourth-order valence-electron chi connectivity index (χ4n) is 4.15. The molecule has 0 N–H and O–H groups in total. The van der Waals surface area contributed by atoms with Crippen molar-refractivity contribution in [2.75, 3.05) is 27.4 Å². The van der Waals surface area contributed by atoms with E-state index < -0.39 is 22.7 Å². The van der Waals surface area contributed by atoms with E-state index in [-0.39, 0.29) is 29.4 Å². The molecular weight excluding hydrogens is 479 g/mol. The van der Waals surface area contributed by atoms with Gasteiger partial charge in [-0.05, 0) is 66.1 Å². The van der Waals surface area contributed by atoms with Crippen LogP contribution in [0.15, 0.2) is 54.6 Å². The number of hydrogen-bond acceptors (Lipinski definition) is 6. The van der Waals surface area contributed by atoms with Crippen LogP contribution < -0.4 is 14.2 Å². The average molecular weight is 501 g/mol. The molecule has 4 rings (SSSR count). The van der Waals surface area contributed by atoms with Gasteiger partial charge in [-0.1, -0.05) is 11.6 Å². The Morgan fingerprint density at radius 2 is 1.80 bits per heavy atom. The molecule has 0 aromatic heterocycles. The van der Waals surface area contributed by atoms with Crippen LogP contribution in [0.3, 0.4) is 0 Å². The summed E-state index contributed by atoms with van der Waals surface area (Å²) in [6.45, 7) is 0.302. The Bertz CT molecular complexity index is 1270. The number of carbonyl (C=O) groups is 1. The van der Waals surface area contributed by atoms with Gasteiger partial charge in [0.15, 0.2) is 11.5 Å². The van der Waals surface area contributed by atoms with Crippen molar-refractivity contribution in [2.24, 2.45) is 0 Å². The molecule has 10 heteroatoms. The van der Waals surface area contributed by atoms with E-state index in [1.54, 1.807) is 6.07 Å². The molecule has 8 nitrogen and oxygen atoms in total. The third-order valence-electron chi connectivity index (χ3n) is 5.87. The number of halogens is 2. The molecule has 1 atom stereocenters. The molecule has 182 valence electrons. The number of benzene rings is 3. The molecule has 1 heterocycles. The van der Waals surface area contributed by atoms with Crippen LogP contribution >= 0.6 is 11.6 Å². The molecule has 0 radical (unpaired) electrons. The summed E-state index contributed by atoms with van der Waals surface area (Å²) in [7, 11) is 3.05. The summed E-state index contributed by atoms with van der Waals surface area (Å²) in [6, 6.07) is 12.4. The number of methoxy groups -OCH3 is 2. The summed E-state index contributed by atoms with van der Waals surface area (Å²) in [5.74, 6) is 0.491. The second-order valence-corrected chi connectivity index (χ2v) is 8.29. The van der Waals surface area contributed by atoms with Gasteiger partial charge in [0.2, 0.25) is 0 Å². The first kappa shape index (κ1) is 24.3. The summed E-state index contributed by atoms with van der Waals surface area (Å²) in [6.07, 6.45) is 0.489. The standard InChI is InChI=1S/C25H22ClFN2O6/c1-33-23-11-15-9-10-28(25(30)20-12-16(26)3-8-21(20)29(31)32)22(19(15)13-24(23)34-2)14-35-18-6-4-17(27)5-7-18/h3-8,11-13,22H,9-10,14H2,1-2H3/t22-/m0/s1. The molecule has 0 aliphatic carbocycles. The van der Waals surface area contributed by atoms with Crippen LogP contribution in [0.5, 0.6) is 17.2 Å². The van der Waals surface area contributed by atoms with Gasteiger partial charge in [0.25, 0.3) is 11.6 Å². The van der Waals surface area contributed by atoms with Crippen molar-refractivity contribution in [3.8, 4) is 17.2 Å². The van der Waals surface area contributed by atoms with E-state index in [1.807, 2.05) is 6.07 Å². The molecule has 1 amide bonds. The molecule has 0 bridgehead atoms. The number of nitrogens with zero attached hydrogens (tertiary/aromatic N) is 2. The van der Waals surface area contributed by atoms with Crippen molar-refractivity contribution in [3.63, 3.8) is 0 Å². The number of hydrogen-bond donors (Lipinski definition) is 0. The molecule has 1 aliphatic heterocycles. The van der Waals surface area contributed by atoms with Gasteiger partial charge in [0, 0.05) is 17.6 Å². The van der Waals surface area contributed by atoms with Gasteiger partial charge in [-0.3, -0.25) is 14.9 Å². The van der Waals surface area contributed by atoms with E-state index in [2.05, 4.69) is 0 Å². The molecule has 1 aliphatic rings. The number of ether oxygens (including phenoxy) is 3. The number of fused-ring (bicyclic) bond motifs is 1. The van der Waals surface area contributed by atoms with E-state index in [1.165, 1.54) is 61.6 Å². The van der Waals surface area contributed by atoms with Gasteiger partial charge in [0.1, 0.15) is 23.7 Å². The Morgan fingerprint density at radius 3 is 2.46 bits per heavy atom. The predicted molar refractivity (Wildman–Crippen MR) is 127 cm³/mol. The largest absolute Gasteiger partial charge is 0.493 e. The van der Waals surface area contributed by atoms with Gasteiger partial charge in [-0.25, -0.2) is 4.39 Å². The van der Waals surface area contributed by atoms with Crippen LogP contribution in [-0.4, -0.2) is 43.1 Å². The van der Waals surface area contributed by atoms with Gasteiger partial charge in [-0.2, -0.15) is 0 Å². The summed E-state index contributed by atoms with van der Waals surface area (Å²) in [5.41, 5.74) is 1.24. The lowest BCUT2D eigenvalue weighted by molar-refractivity contribution is -0.385. The van der Waals surface area contributed by atoms with Crippen LogP contribution in [0.4, 0.5) is 10.1 Å². The fraction of sp³-hybridized carbons (Fsp3) is 0.240. The van der Waals surface area contributed by atoms with Crippen molar-refractivity contribution >= 4 is 23.2 Å². The average Bonchev–Trinajstić information content (AvgIpc) is 2.86. The second kappa shape index (κ2) is 10.2. The fourth-order valence-corrected chi connectivity index (χ4v) is 4.32. The maximum Gasteiger partial charge on any atom is 0.282 e. The van der Waals surface area contributed by atoms with Crippen LogP contribution in [0.1, 0.15) is 27.5 Å². The Kier molecular flexibility index (Phi) is 7.07. The minimum absolute atomic E-state index is 0.0220. The SMILES string of the molecule is COc1cc2c(cc1OC)[C@H](COc1ccc(F)cc1)N(C(=O)c1cc(Cl)ccc1[N+](=O)[O-])CC2. The van der Waals surface area contributed by atoms with Crippen LogP contribution in [0, 0.1) is 15.9 Å². The predicted octanol–water partition coefficient (Wildman–Crippen LogP) is 5.22. The number of nitro groups is 1. The second-order valence-electron chi connectivity index (χ2n) is 7.85. The van der Waals surface area contributed by atoms with Crippen LogP contribution in [0.2, 0.25) is 5.02 Å². The smallest absolute Gasteiger partial charge is 0.282 e. The maximum absolute atomic E-state index is 13.6. The molecule has 0 saturated heterocycles. The highest BCUT2D eigenvalue weighted by Crippen LogP contribution is 2.39. The van der Waals surface area contributed by atoms with Crippen LogP contribution in [0.25, 0.3) is 0 Å². The van der Waals surface area contributed by atoms with Crippen molar-refractivity contribution in [1.82, 2.24) is 4.90 Å². The van der Waals surface area contributed by atoms with E-state index in [0.717, 1.165) is 11.1 Å². The van der Waals surface area contributed by atoms with E-state index in [0.29, 0.717) is 23.7 Å². The molecule has 35 heavy (non-hydrogen) atoms. The summed E-state index contributed by atoms with van der Waals surface area (Å²) in [5, 5.41) is 11.8. The first-order chi connectivity index (χ1) is 16.8. The van der Waals surface area contributed by atoms with Crippen molar-refractivity contribution in [3.05, 3.63) is 92.2 Å². The molecule has 0 spiro atoms. The monoisotopic (exact) mass is 500 g/mol. The zero-order chi connectivity index (χ0) is 25.1. The molecule has 3 aromatic carbocycles. The Labute approximate surface area is 205 Å². The molecule has 0 fully saturated rings. The van der Waals surface area contributed by atoms with Crippen molar-refractivity contribution in [1.29, 1.82) is 0 Å². The zero-order valence-electron chi connectivity index (χ0n) is 19.0. The lowest BCUT2D eigenvalue weighted by Gasteiger charge is -2.37. The number of nitro benzene ring substituents is 1. The highest BCUT2D eigenvalue weighted by molar-refractivity contribution is 6.31. The minimum Gasteiger partial charge on any atom is -0.493 e. The summed E-state index contributed by atoms with van der Waals surface area (Å²) in [4.78, 5) is 26.1. The molecule has 3 aromatic rings. The lowest BCUT2D eigenvalue weighted by Crippen LogP contribution is -2.42. The van der Waals surface area contributed by atoms with Crippen LogP contribution in [-0.2, 0) is 6.42 Å². The van der Waals surface area contributed by atoms with Gasteiger partial charge in [0.05, 0.1) is 25.2 Å². The van der Waals surface area contributed by atoms with E-state index in [9.17, 15) is 19.3 Å². The first-order valence-electron chi connectivity index (χ1n) is 10.7. The molecule has 0 unspecified atom stereocenters. The minimum atomic E-state index is -0.616. The van der Waals surface area contributed by atoms with E-state index >= 15 is 0 Å². The maximum atomic E-state index is 13.6. The lowest BCUT2D eigenvalue weighted by atomic mass is 9.91. The molecular formula is C25H22ClFN2O6. The van der Waals surface area contributed by atoms with Crippen molar-refractivity contribution in [2.45, 2.75) is 12.5 Å². The van der Waals surface area contributed by atoms with Gasteiger partial charge in [-0.15, -0.1) is 0 Å². The Balaban J connectivity index is 1.76. The van der Waals surface area contributed by atoms with E-state index in [4.69, 9.17) is 25.8 Å². The quantitative estimate of drug-likeness (QED) is 0.326. The molecule has 0 saturated carbocycles. The Morgan fingerprint density at radius 1 is 1.11 bits per heavy atom. The van der Waals surface area contributed by atoms with Crippen molar-refractivity contribution < 1.29 is 28.3 Å². The topological polar surface area (TPSA) is 91.1 Å².